The molecular formula is C20H23F3N4O2S. The fourth-order valence-corrected chi connectivity index (χ4v) is 4.50. The molecule has 0 unspecified atom stereocenters. The fraction of sp³-hybridized carbons (Fsp3) is 0.500. The van der Waals surface area contributed by atoms with E-state index in [1.54, 1.807) is 13.0 Å². The SMILES string of the molecule is Cc1nc(CC(=O)N2CCC[C@H]2C(N)=O)sc1-c1ccnc(C(C)(C)C(F)(F)F)c1. The number of halogens is 3. The van der Waals surface area contributed by atoms with Crippen molar-refractivity contribution < 1.29 is 22.8 Å². The van der Waals surface area contributed by atoms with Gasteiger partial charge in [-0.15, -0.1) is 11.3 Å². The van der Waals surface area contributed by atoms with Crippen LogP contribution in [0, 0.1) is 6.92 Å². The molecule has 10 heteroatoms. The molecule has 2 aromatic heterocycles. The molecule has 3 heterocycles. The first-order chi connectivity index (χ1) is 13.9. The van der Waals surface area contributed by atoms with E-state index >= 15 is 0 Å². The molecule has 0 aliphatic carbocycles. The Morgan fingerprint density at radius 1 is 1.33 bits per heavy atom. The summed E-state index contributed by atoms with van der Waals surface area (Å²) in [7, 11) is 0. The third kappa shape index (κ3) is 4.19. The predicted octanol–water partition coefficient (Wildman–Crippen LogP) is 3.37. The number of nitrogens with two attached hydrogens (primary N) is 1. The second-order valence-corrected chi connectivity index (χ2v) is 8.98. The average Bonchev–Trinajstić information content (AvgIpc) is 3.28. The topological polar surface area (TPSA) is 89.2 Å². The molecule has 0 bridgehead atoms. The summed E-state index contributed by atoms with van der Waals surface area (Å²) in [6.07, 6.45) is -1.80. The van der Waals surface area contributed by atoms with Gasteiger partial charge >= 0.3 is 6.18 Å². The van der Waals surface area contributed by atoms with Crippen LogP contribution < -0.4 is 5.73 Å². The van der Waals surface area contributed by atoms with E-state index in [2.05, 4.69) is 9.97 Å². The predicted molar refractivity (Wildman–Crippen MR) is 107 cm³/mol. The number of pyridine rings is 1. The molecule has 162 valence electrons. The monoisotopic (exact) mass is 440 g/mol. The minimum Gasteiger partial charge on any atom is -0.368 e. The number of thiazole rings is 1. The number of aromatic nitrogens is 2. The van der Waals surface area contributed by atoms with Gasteiger partial charge in [-0.05, 0) is 51.3 Å². The van der Waals surface area contributed by atoms with E-state index in [9.17, 15) is 22.8 Å². The quantitative estimate of drug-likeness (QED) is 0.772. The lowest BCUT2D eigenvalue weighted by atomic mass is 9.87. The largest absolute Gasteiger partial charge is 0.399 e. The van der Waals surface area contributed by atoms with Gasteiger partial charge in [0.25, 0.3) is 0 Å². The van der Waals surface area contributed by atoms with Crippen molar-refractivity contribution in [3.8, 4) is 10.4 Å². The minimum atomic E-state index is -4.44. The minimum absolute atomic E-state index is 0.0152. The third-order valence-electron chi connectivity index (χ3n) is 5.42. The summed E-state index contributed by atoms with van der Waals surface area (Å²) in [5.41, 5.74) is 4.38. The van der Waals surface area contributed by atoms with Crippen LogP contribution in [0.25, 0.3) is 10.4 Å². The van der Waals surface area contributed by atoms with Gasteiger partial charge in [0.05, 0.1) is 22.7 Å². The highest BCUT2D eigenvalue weighted by atomic mass is 32.1. The number of aryl methyl sites for hydroxylation is 1. The van der Waals surface area contributed by atoms with Crippen molar-refractivity contribution in [2.24, 2.45) is 5.73 Å². The molecule has 2 aromatic rings. The van der Waals surface area contributed by atoms with Crippen molar-refractivity contribution in [2.45, 2.75) is 57.7 Å². The van der Waals surface area contributed by atoms with E-state index < -0.39 is 23.5 Å². The zero-order chi connectivity index (χ0) is 22.3. The van der Waals surface area contributed by atoms with E-state index in [-0.39, 0.29) is 18.0 Å². The second kappa shape index (κ2) is 7.98. The lowest BCUT2D eigenvalue weighted by Crippen LogP contribution is -2.44. The molecule has 0 aromatic carbocycles. The van der Waals surface area contributed by atoms with Crippen LogP contribution in [0.2, 0.25) is 0 Å². The van der Waals surface area contributed by atoms with Gasteiger partial charge in [-0.2, -0.15) is 13.2 Å². The van der Waals surface area contributed by atoms with E-state index in [1.807, 2.05) is 0 Å². The van der Waals surface area contributed by atoms with Crippen LogP contribution in [0.5, 0.6) is 0 Å². The maximum absolute atomic E-state index is 13.4. The van der Waals surface area contributed by atoms with Gasteiger partial charge in [0.2, 0.25) is 11.8 Å². The molecule has 0 radical (unpaired) electrons. The van der Waals surface area contributed by atoms with Gasteiger partial charge in [-0.1, -0.05) is 0 Å². The number of primary amides is 1. The first kappa shape index (κ1) is 22.2. The second-order valence-electron chi connectivity index (χ2n) is 7.90. The van der Waals surface area contributed by atoms with E-state index in [4.69, 9.17) is 5.73 Å². The Kier molecular flexibility index (Phi) is 5.90. The van der Waals surface area contributed by atoms with Gasteiger partial charge in [-0.25, -0.2) is 4.98 Å². The van der Waals surface area contributed by atoms with Crippen LogP contribution in [0.3, 0.4) is 0 Å². The van der Waals surface area contributed by atoms with Crippen molar-refractivity contribution in [1.29, 1.82) is 0 Å². The summed E-state index contributed by atoms with van der Waals surface area (Å²) in [5, 5.41) is 0.538. The Hall–Kier alpha value is -2.49. The average molecular weight is 440 g/mol. The Balaban J connectivity index is 1.84. The Morgan fingerprint density at radius 2 is 2.03 bits per heavy atom. The van der Waals surface area contributed by atoms with Crippen LogP contribution in [0.15, 0.2) is 18.3 Å². The summed E-state index contributed by atoms with van der Waals surface area (Å²) in [4.78, 5) is 34.7. The summed E-state index contributed by atoms with van der Waals surface area (Å²) < 4.78 is 40.2. The molecule has 1 atom stereocenters. The number of rotatable bonds is 5. The van der Waals surface area contributed by atoms with Crippen LogP contribution in [0.4, 0.5) is 13.2 Å². The Morgan fingerprint density at radius 3 is 2.67 bits per heavy atom. The molecule has 3 rings (SSSR count). The van der Waals surface area contributed by atoms with Crippen LogP contribution >= 0.6 is 11.3 Å². The van der Waals surface area contributed by atoms with Gasteiger partial charge < -0.3 is 10.6 Å². The van der Waals surface area contributed by atoms with E-state index in [1.165, 1.54) is 28.5 Å². The van der Waals surface area contributed by atoms with Crippen LogP contribution in [0.1, 0.15) is 43.1 Å². The molecule has 30 heavy (non-hydrogen) atoms. The van der Waals surface area contributed by atoms with Gasteiger partial charge in [0.1, 0.15) is 16.5 Å². The standard InChI is InChI=1S/C20H23F3N4O2S/c1-11-17(12-6-7-25-14(9-12)19(2,3)20(21,22)23)30-15(26-11)10-16(28)27-8-4-5-13(27)18(24)29/h6-7,9,13H,4-5,8,10H2,1-3H3,(H2,24,29)/t13-/m0/s1. The molecule has 1 fully saturated rings. The highest BCUT2D eigenvalue weighted by Crippen LogP contribution is 2.41. The summed E-state index contributed by atoms with van der Waals surface area (Å²) in [6, 6.07) is 2.46. The summed E-state index contributed by atoms with van der Waals surface area (Å²) >= 11 is 1.25. The van der Waals surface area contributed by atoms with Crippen LogP contribution in [-0.2, 0) is 21.4 Å². The lowest BCUT2D eigenvalue weighted by Gasteiger charge is -2.27. The molecular weight excluding hydrogens is 417 g/mol. The first-order valence-corrected chi connectivity index (χ1v) is 10.3. The number of nitrogens with zero attached hydrogens (tertiary/aromatic N) is 3. The highest BCUT2D eigenvalue weighted by molar-refractivity contribution is 7.15. The number of hydrogen-bond acceptors (Lipinski definition) is 5. The number of carbonyl (C=O) groups is 2. The van der Waals surface area contributed by atoms with Gasteiger partial charge in [0.15, 0.2) is 0 Å². The summed E-state index contributed by atoms with van der Waals surface area (Å²) in [6.45, 7) is 4.41. The molecule has 0 spiro atoms. The van der Waals surface area contributed by atoms with Crippen molar-refractivity contribution in [2.75, 3.05) is 6.54 Å². The van der Waals surface area contributed by atoms with E-state index in [0.717, 1.165) is 20.3 Å². The first-order valence-electron chi connectivity index (χ1n) is 9.50. The zero-order valence-corrected chi connectivity index (χ0v) is 17.7. The zero-order valence-electron chi connectivity index (χ0n) is 16.9. The third-order valence-corrected chi connectivity index (χ3v) is 6.62. The number of alkyl halides is 3. The van der Waals surface area contributed by atoms with Gasteiger partial charge in [-0.3, -0.25) is 14.6 Å². The Labute approximate surface area is 176 Å². The Bertz CT molecular complexity index is 971. The highest BCUT2D eigenvalue weighted by Gasteiger charge is 2.49. The number of likely N-dealkylation sites (tertiary alicyclic amines) is 1. The fourth-order valence-electron chi connectivity index (χ4n) is 3.45. The maximum atomic E-state index is 13.4. The molecule has 2 amide bonds. The summed E-state index contributed by atoms with van der Waals surface area (Å²) in [5.74, 6) is -0.751. The maximum Gasteiger partial charge on any atom is 0.399 e. The lowest BCUT2D eigenvalue weighted by molar-refractivity contribution is -0.181. The molecule has 2 N–H and O–H groups in total. The number of hydrogen-bond donors (Lipinski definition) is 1. The molecule has 0 saturated carbocycles. The smallest absolute Gasteiger partial charge is 0.368 e. The molecule has 1 saturated heterocycles. The van der Waals surface area contributed by atoms with Crippen molar-refractivity contribution in [3.05, 3.63) is 34.7 Å². The van der Waals surface area contributed by atoms with Gasteiger partial charge in [0, 0.05) is 12.7 Å². The van der Waals surface area contributed by atoms with E-state index in [0.29, 0.717) is 34.1 Å². The molecule has 1 aliphatic rings. The van der Waals surface area contributed by atoms with Crippen molar-refractivity contribution >= 4 is 23.2 Å². The normalized spacial score (nSPS) is 17.4. The molecule has 6 nitrogen and oxygen atoms in total. The van der Waals surface area contributed by atoms with Crippen LogP contribution in [-0.4, -0.2) is 45.4 Å². The number of amides is 2. The van der Waals surface area contributed by atoms with Crippen molar-refractivity contribution in [3.63, 3.8) is 0 Å². The van der Waals surface area contributed by atoms with Crippen molar-refractivity contribution in [1.82, 2.24) is 14.9 Å². The molecule has 1 aliphatic heterocycles. The number of carbonyl (C=O) groups excluding carboxylic acids is 2.